The van der Waals surface area contributed by atoms with Crippen molar-refractivity contribution in [2.75, 3.05) is 0 Å². The van der Waals surface area contributed by atoms with Crippen LogP contribution in [-0.2, 0) is 0 Å². The monoisotopic (exact) mass is 1620 g/mol. The molecule has 0 saturated heterocycles. The summed E-state index contributed by atoms with van der Waals surface area (Å²) in [5, 5.41) is 17.5. The molecule has 0 saturated carbocycles. The second kappa shape index (κ2) is 30.0. The van der Waals surface area contributed by atoms with Crippen molar-refractivity contribution >= 4 is 153 Å². The molecule has 0 fully saturated rings. The lowest BCUT2D eigenvalue weighted by molar-refractivity contribution is 0.668. The third-order valence-corrected chi connectivity index (χ3v) is 25.9. The number of furan rings is 1. The van der Waals surface area contributed by atoms with Crippen molar-refractivity contribution in [2.24, 2.45) is 0 Å². The zero-order chi connectivity index (χ0) is 83.6. The molecule has 7 heterocycles. The Morgan fingerprint density at radius 1 is 0.110 bits per heavy atom. The average Bonchev–Trinajstić information content (AvgIpc) is 1.56. The molecule has 0 unspecified atom stereocenters. The molecule has 0 aliphatic heterocycles. The van der Waals surface area contributed by atoms with Crippen molar-refractivity contribution < 1.29 is 4.42 Å². The van der Waals surface area contributed by atoms with E-state index in [2.05, 4.69) is 488 Å². The molecule has 0 atom stereocenters. The molecule has 0 spiro atoms. The van der Waals surface area contributed by atoms with Crippen molar-refractivity contribution in [1.82, 2.24) is 27.4 Å². The van der Waals surface area contributed by atoms with E-state index < -0.39 is 0 Å². The highest BCUT2D eigenvalue weighted by molar-refractivity contribution is 6.17. The Bertz CT molecular complexity index is 8660. The van der Waals surface area contributed by atoms with E-state index in [9.17, 15) is 0 Å². The van der Waals surface area contributed by atoms with Gasteiger partial charge in [0.15, 0.2) is 0 Å². The quantitative estimate of drug-likeness (QED) is 0.135. The van der Waals surface area contributed by atoms with Crippen LogP contribution in [0.2, 0.25) is 0 Å². The highest BCUT2D eigenvalue weighted by Crippen LogP contribution is 2.45. The first-order valence-electron chi connectivity index (χ1n) is 43.5. The van der Waals surface area contributed by atoms with E-state index in [0.717, 1.165) is 27.6 Å². The van der Waals surface area contributed by atoms with Crippen LogP contribution in [0.15, 0.2) is 478 Å². The van der Waals surface area contributed by atoms with E-state index >= 15 is 0 Å². The summed E-state index contributed by atoms with van der Waals surface area (Å²) in [6, 6.07) is 170. The maximum absolute atomic E-state index is 6.27. The van der Waals surface area contributed by atoms with Gasteiger partial charge in [-0.1, -0.05) is 279 Å². The van der Waals surface area contributed by atoms with Crippen LogP contribution in [-0.4, -0.2) is 27.4 Å². The number of fused-ring (bicyclic) bond motifs is 21. The van der Waals surface area contributed by atoms with Gasteiger partial charge in [0.2, 0.25) is 0 Å². The van der Waals surface area contributed by atoms with E-state index in [1.54, 1.807) is 0 Å². The fraction of sp³-hybridized carbons (Fsp3) is 0. The van der Waals surface area contributed by atoms with E-state index in [-0.39, 0.29) is 0 Å². The second-order valence-electron chi connectivity index (χ2n) is 33.0. The first-order chi connectivity index (χ1) is 63.0. The highest BCUT2D eigenvalue weighted by Gasteiger charge is 2.22. The number of hydrogen-bond acceptors (Lipinski definition) is 1. The molecule has 594 valence electrons. The van der Waals surface area contributed by atoms with Crippen LogP contribution in [0, 0.1) is 0 Å². The lowest BCUT2D eigenvalue weighted by atomic mass is 9.98. The first-order valence-corrected chi connectivity index (χ1v) is 43.5. The van der Waals surface area contributed by atoms with Crippen molar-refractivity contribution in [2.45, 2.75) is 0 Å². The normalized spacial score (nSPS) is 11.8. The fourth-order valence-electron chi connectivity index (χ4n) is 20.2. The summed E-state index contributed by atoms with van der Waals surface area (Å²) in [5.41, 5.74) is 33.2. The molecule has 0 N–H and O–H groups in total. The second-order valence-corrected chi connectivity index (χ2v) is 33.0. The van der Waals surface area contributed by atoms with E-state index in [4.69, 9.17) is 4.42 Å². The van der Waals surface area contributed by atoms with Gasteiger partial charge in [-0.2, -0.15) is 0 Å². The molecular weight excluding hydrogens is 1540 g/mol. The topological polar surface area (TPSA) is 42.7 Å². The largest absolute Gasteiger partial charge is 0.456 e. The molecule has 0 aliphatic rings. The van der Waals surface area contributed by atoms with Crippen LogP contribution in [0.3, 0.4) is 0 Å². The number of benzene rings is 20. The maximum Gasteiger partial charge on any atom is 0.137 e. The number of aromatic nitrogens is 6. The van der Waals surface area contributed by atoms with Gasteiger partial charge in [0.25, 0.3) is 0 Å². The summed E-state index contributed by atoms with van der Waals surface area (Å²) in [5.74, 6) is 0. The smallest absolute Gasteiger partial charge is 0.137 e. The van der Waals surface area contributed by atoms with Gasteiger partial charge in [-0.05, 0) is 233 Å². The summed E-state index contributed by atoms with van der Waals surface area (Å²) in [6.07, 6.45) is 0. The fourth-order valence-corrected chi connectivity index (χ4v) is 20.2. The van der Waals surface area contributed by atoms with Gasteiger partial charge in [-0.15, -0.1) is 0 Å². The van der Waals surface area contributed by atoms with Crippen LogP contribution < -0.4 is 0 Å². The lowest BCUT2D eigenvalue weighted by Gasteiger charge is -2.09. The standard InChI is InChI=1S/C42H26N2O.C42H28N2.C36H24N2/c1-2-10-29(11-3-1)43-37-15-7-4-12-31(37)35-24-27(18-22-39(35)43)28-19-23-40-36(25-28)32-13-5-8-16-38(32)44(40)30-20-21-34-33-14-6-9-17-41(33)45-42(34)26-30;1-3-11-33(12-4-1)43-39-17-9-7-15-35(39)37-27-31(23-25-41(37)43)29-19-21-30(22-20-29)32-24-26-42-38(28-32)36-16-8-10-18-40(36)44(42)34-13-5-2-6-14-34;1-3-11-27(12-4-1)37-33-17-9-7-15-29(33)31-23-25(19-21-35(31)37)26-20-22-36-32(24-26)30-16-8-10-18-34(30)38(36)28-13-5-2-6-14-28/h1-26H;1-28H;1-24H. The zero-order valence-corrected chi connectivity index (χ0v) is 69.1. The third kappa shape index (κ3) is 12.1. The summed E-state index contributed by atoms with van der Waals surface area (Å²) in [7, 11) is 0. The Balaban J connectivity index is 0.000000104. The summed E-state index contributed by atoms with van der Waals surface area (Å²) < 4.78 is 20.5. The van der Waals surface area contributed by atoms with E-state index in [1.165, 1.54) is 204 Å². The minimum Gasteiger partial charge on any atom is -0.456 e. The van der Waals surface area contributed by atoms with Crippen LogP contribution >= 0.6 is 0 Å². The van der Waals surface area contributed by atoms with Gasteiger partial charge in [0.1, 0.15) is 11.2 Å². The third-order valence-electron chi connectivity index (χ3n) is 25.9. The van der Waals surface area contributed by atoms with Gasteiger partial charge in [-0.3, -0.25) is 0 Å². The van der Waals surface area contributed by atoms with E-state index in [1.807, 2.05) is 12.1 Å². The summed E-state index contributed by atoms with van der Waals surface area (Å²) >= 11 is 0. The van der Waals surface area contributed by atoms with Crippen LogP contribution in [0.25, 0.3) is 231 Å². The van der Waals surface area contributed by atoms with Crippen molar-refractivity contribution in [1.29, 1.82) is 0 Å². The van der Waals surface area contributed by atoms with Crippen molar-refractivity contribution in [3.8, 4) is 78.6 Å². The highest BCUT2D eigenvalue weighted by atomic mass is 16.3. The van der Waals surface area contributed by atoms with Crippen LogP contribution in [0.5, 0.6) is 0 Å². The molecule has 27 rings (SSSR count). The molecule has 7 nitrogen and oxygen atoms in total. The number of nitrogens with zero attached hydrogens (tertiary/aromatic N) is 6. The molecule has 7 aromatic heterocycles. The van der Waals surface area contributed by atoms with Gasteiger partial charge in [0.05, 0.1) is 66.2 Å². The maximum atomic E-state index is 6.27. The predicted octanol–water partition coefficient (Wildman–Crippen LogP) is 32.2. The van der Waals surface area contributed by atoms with E-state index in [0.29, 0.717) is 0 Å². The molecule has 7 heteroatoms. The Hall–Kier alpha value is -17.0. The van der Waals surface area contributed by atoms with Gasteiger partial charge in [0, 0.05) is 116 Å². The van der Waals surface area contributed by atoms with Crippen molar-refractivity contribution in [3.63, 3.8) is 0 Å². The van der Waals surface area contributed by atoms with Crippen LogP contribution in [0.1, 0.15) is 0 Å². The van der Waals surface area contributed by atoms with Gasteiger partial charge in [-0.25, -0.2) is 0 Å². The summed E-state index contributed by atoms with van der Waals surface area (Å²) in [4.78, 5) is 0. The molecule has 0 radical (unpaired) electrons. The predicted molar refractivity (Wildman–Crippen MR) is 534 cm³/mol. The molecule has 20 aromatic carbocycles. The van der Waals surface area contributed by atoms with Crippen molar-refractivity contribution in [3.05, 3.63) is 473 Å². The molecule has 27 aromatic rings. The SMILES string of the molecule is c1ccc(-n2c3ccccc3c3cc(-c4ccc(-c5ccc6c(c5)c5ccccc5n6-c5ccccc5)cc4)ccc32)cc1.c1ccc(-n2c3ccccc3c3cc(-c4ccc5c(c4)c4ccccc4n5-c4ccc5c(c4)oc4ccccc45)ccc32)cc1.c1ccc(-n2c3ccccc3c3cc(-c4ccc5c(c4)c4ccccc4n5-c4ccccc4)ccc32)cc1. The number of hydrogen-bond donors (Lipinski definition) is 0. The lowest BCUT2D eigenvalue weighted by Crippen LogP contribution is -1.93. The van der Waals surface area contributed by atoms with Crippen LogP contribution in [0.4, 0.5) is 0 Å². The number of para-hydroxylation sites is 12. The molecule has 0 aliphatic carbocycles. The number of rotatable bonds is 10. The molecular formula is C120H78N6O. The molecule has 127 heavy (non-hydrogen) atoms. The Morgan fingerprint density at radius 3 is 0.559 bits per heavy atom. The minimum absolute atomic E-state index is 0.902. The Morgan fingerprint density at radius 2 is 0.299 bits per heavy atom. The first kappa shape index (κ1) is 72.8. The van der Waals surface area contributed by atoms with Gasteiger partial charge >= 0.3 is 0 Å². The molecule has 0 bridgehead atoms. The molecule has 0 amide bonds. The minimum atomic E-state index is 0.902. The Labute approximate surface area is 731 Å². The Kier molecular flexibility index (Phi) is 17.2. The average molecular weight is 1620 g/mol. The summed E-state index contributed by atoms with van der Waals surface area (Å²) in [6.45, 7) is 0. The zero-order valence-electron chi connectivity index (χ0n) is 69.1. The van der Waals surface area contributed by atoms with Gasteiger partial charge < -0.3 is 31.8 Å².